The second-order valence-electron chi connectivity index (χ2n) is 3.31. The molecular weight excluding hydrogens is 132 g/mol. The Morgan fingerprint density at radius 1 is 1.27 bits per heavy atom. The lowest BCUT2D eigenvalue weighted by atomic mass is 10.0. The predicted octanol–water partition coefficient (Wildman–Crippen LogP) is 3.84. The molecule has 0 spiro atoms. The summed E-state index contributed by atoms with van der Waals surface area (Å²) in [7, 11) is 0. The molecule has 0 bridgehead atoms. The van der Waals surface area contributed by atoms with Crippen LogP contribution in [0.15, 0.2) is 23.3 Å². The Balaban J connectivity index is 2.22. The molecule has 0 fully saturated rings. The Bertz CT molecular complexity index is 172. The maximum absolute atomic E-state index is 2.37. The highest BCUT2D eigenvalue weighted by atomic mass is 14.1. The first-order valence-electron chi connectivity index (χ1n) is 4.70. The van der Waals surface area contributed by atoms with Gasteiger partial charge in [0, 0.05) is 0 Å². The summed E-state index contributed by atoms with van der Waals surface area (Å²) in [5.41, 5.74) is 3.11. The average molecular weight is 150 g/mol. The van der Waals surface area contributed by atoms with E-state index in [9.17, 15) is 0 Å². The van der Waals surface area contributed by atoms with Crippen LogP contribution in [-0.4, -0.2) is 0 Å². The van der Waals surface area contributed by atoms with Crippen molar-refractivity contribution < 1.29 is 0 Å². The molecule has 0 amide bonds. The van der Waals surface area contributed by atoms with Gasteiger partial charge in [-0.3, -0.25) is 0 Å². The Labute approximate surface area is 70.0 Å². The molecule has 0 aromatic carbocycles. The van der Waals surface area contributed by atoms with Gasteiger partial charge < -0.3 is 0 Å². The molecule has 0 saturated heterocycles. The van der Waals surface area contributed by atoms with Crippen molar-refractivity contribution in [3.63, 3.8) is 0 Å². The summed E-state index contributed by atoms with van der Waals surface area (Å²) >= 11 is 0. The maximum atomic E-state index is 2.37. The summed E-state index contributed by atoms with van der Waals surface area (Å²) in [4.78, 5) is 0. The van der Waals surface area contributed by atoms with E-state index in [0.29, 0.717) is 0 Å². The molecule has 0 heteroatoms. The van der Waals surface area contributed by atoms with E-state index in [2.05, 4.69) is 26.0 Å². The van der Waals surface area contributed by atoms with Crippen LogP contribution in [0.3, 0.4) is 0 Å². The molecule has 1 aliphatic carbocycles. The second kappa shape index (κ2) is 4.38. The van der Waals surface area contributed by atoms with Crippen LogP contribution in [0.2, 0.25) is 0 Å². The van der Waals surface area contributed by atoms with E-state index in [1.54, 1.807) is 5.57 Å². The lowest BCUT2D eigenvalue weighted by Gasteiger charge is -2.02. The van der Waals surface area contributed by atoms with Gasteiger partial charge in [0.15, 0.2) is 0 Å². The molecule has 0 radical (unpaired) electrons. The number of unbranched alkanes of at least 4 members (excludes halogenated alkanes) is 2. The zero-order chi connectivity index (χ0) is 8.10. The molecule has 11 heavy (non-hydrogen) atoms. The third kappa shape index (κ3) is 2.53. The summed E-state index contributed by atoms with van der Waals surface area (Å²) in [5.74, 6) is 0. The molecule has 0 N–H and O–H groups in total. The van der Waals surface area contributed by atoms with Gasteiger partial charge >= 0.3 is 0 Å². The van der Waals surface area contributed by atoms with Crippen LogP contribution in [0.5, 0.6) is 0 Å². The van der Waals surface area contributed by atoms with Crippen LogP contribution in [0.25, 0.3) is 0 Å². The van der Waals surface area contributed by atoms with Crippen LogP contribution in [0, 0.1) is 0 Å². The highest BCUT2D eigenvalue weighted by molar-refractivity contribution is 5.34. The van der Waals surface area contributed by atoms with E-state index in [1.165, 1.54) is 37.7 Å². The molecule has 0 saturated carbocycles. The van der Waals surface area contributed by atoms with Gasteiger partial charge in [-0.2, -0.15) is 0 Å². The standard InChI is InChI=1S/C11H18/c1-3-4-5-8-11-9-6-7-10(11)2/h7,9H,3-6,8H2,1-2H3. The molecule has 0 aromatic heterocycles. The van der Waals surface area contributed by atoms with Gasteiger partial charge in [0.1, 0.15) is 0 Å². The third-order valence-electron chi connectivity index (χ3n) is 2.34. The molecule has 0 nitrogen and oxygen atoms in total. The number of hydrogen-bond acceptors (Lipinski definition) is 0. The highest BCUT2D eigenvalue weighted by Crippen LogP contribution is 2.23. The van der Waals surface area contributed by atoms with E-state index in [1.807, 2.05) is 0 Å². The van der Waals surface area contributed by atoms with Crippen LogP contribution in [-0.2, 0) is 0 Å². The number of allylic oxidation sites excluding steroid dienone is 4. The number of rotatable bonds is 4. The van der Waals surface area contributed by atoms with E-state index in [4.69, 9.17) is 0 Å². The van der Waals surface area contributed by atoms with Crippen molar-refractivity contribution in [3.8, 4) is 0 Å². The van der Waals surface area contributed by atoms with Gasteiger partial charge in [-0.15, -0.1) is 0 Å². The van der Waals surface area contributed by atoms with Gasteiger partial charge in [0.05, 0.1) is 0 Å². The summed E-state index contributed by atoms with van der Waals surface area (Å²) < 4.78 is 0. The number of hydrogen-bond donors (Lipinski definition) is 0. The van der Waals surface area contributed by atoms with Gasteiger partial charge in [-0.25, -0.2) is 0 Å². The Kier molecular flexibility index (Phi) is 3.41. The van der Waals surface area contributed by atoms with Crippen molar-refractivity contribution in [2.45, 2.75) is 46.0 Å². The molecule has 0 atom stereocenters. The summed E-state index contributed by atoms with van der Waals surface area (Å²) in [5, 5.41) is 0. The Morgan fingerprint density at radius 2 is 2.09 bits per heavy atom. The first-order chi connectivity index (χ1) is 5.34. The predicted molar refractivity (Wildman–Crippen MR) is 50.6 cm³/mol. The highest BCUT2D eigenvalue weighted by Gasteiger charge is 2.03. The maximum Gasteiger partial charge on any atom is -0.0157 e. The molecule has 0 unspecified atom stereocenters. The minimum absolute atomic E-state index is 1.17. The summed E-state index contributed by atoms with van der Waals surface area (Å²) in [6.45, 7) is 4.48. The van der Waals surface area contributed by atoms with Crippen molar-refractivity contribution in [3.05, 3.63) is 23.3 Å². The normalized spacial score (nSPS) is 16.5. The Morgan fingerprint density at radius 3 is 2.64 bits per heavy atom. The fraction of sp³-hybridized carbons (Fsp3) is 0.636. The molecule has 0 aliphatic heterocycles. The van der Waals surface area contributed by atoms with Crippen molar-refractivity contribution >= 4 is 0 Å². The quantitative estimate of drug-likeness (QED) is 0.534. The van der Waals surface area contributed by atoms with Crippen molar-refractivity contribution in [1.82, 2.24) is 0 Å². The first-order valence-corrected chi connectivity index (χ1v) is 4.70. The topological polar surface area (TPSA) is 0 Å². The summed E-state index contributed by atoms with van der Waals surface area (Å²) in [6.07, 6.45) is 11.2. The van der Waals surface area contributed by atoms with E-state index in [-0.39, 0.29) is 0 Å². The lowest BCUT2D eigenvalue weighted by Crippen LogP contribution is -1.82. The van der Waals surface area contributed by atoms with E-state index >= 15 is 0 Å². The van der Waals surface area contributed by atoms with Crippen molar-refractivity contribution in [2.75, 3.05) is 0 Å². The van der Waals surface area contributed by atoms with Crippen molar-refractivity contribution in [1.29, 1.82) is 0 Å². The monoisotopic (exact) mass is 150 g/mol. The molecular formula is C11H18. The Hall–Kier alpha value is -0.520. The zero-order valence-corrected chi connectivity index (χ0v) is 7.69. The fourth-order valence-electron chi connectivity index (χ4n) is 1.53. The largest absolute Gasteiger partial charge is 0.0775 e. The van der Waals surface area contributed by atoms with Crippen molar-refractivity contribution in [2.24, 2.45) is 0 Å². The van der Waals surface area contributed by atoms with Gasteiger partial charge in [0.25, 0.3) is 0 Å². The van der Waals surface area contributed by atoms with Crippen LogP contribution >= 0.6 is 0 Å². The SMILES string of the molecule is CCCCCC1=CCC=C1C. The third-order valence-corrected chi connectivity index (χ3v) is 2.34. The van der Waals surface area contributed by atoms with E-state index in [0.717, 1.165) is 0 Å². The molecule has 0 heterocycles. The van der Waals surface area contributed by atoms with Gasteiger partial charge in [-0.1, -0.05) is 37.5 Å². The fourth-order valence-corrected chi connectivity index (χ4v) is 1.53. The van der Waals surface area contributed by atoms with Gasteiger partial charge in [-0.05, 0) is 31.8 Å². The minimum atomic E-state index is 1.17. The van der Waals surface area contributed by atoms with Crippen LogP contribution < -0.4 is 0 Å². The molecule has 1 aliphatic rings. The minimum Gasteiger partial charge on any atom is -0.0775 e. The lowest BCUT2D eigenvalue weighted by molar-refractivity contribution is 0.716. The van der Waals surface area contributed by atoms with E-state index < -0.39 is 0 Å². The molecule has 62 valence electrons. The van der Waals surface area contributed by atoms with Crippen LogP contribution in [0.4, 0.5) is 0 Å². The zero-order valence-electron chi connectivity index (χ0n) is 7.69. The summed E-state index contributed by atoms with van der Waals surface area (Å²) in [6, 6.07) is 0. The smallest absolute Gasteiger partial charge is 0.0157 e. The van der Waals surface area contributed by atoms with Gasteiger partial charge in [0.2, 0.25) is 0 Å². The first kappa shape index (κ1) is 8.58. The molecule has 1 rings (SSSR count). The van der Waals surface area contributed by atoms with Crippen LogP contribution in [0.1, 0.15) is 46.0 Å². The molecule has 0 aromatic rings. The second-order valence-corrected chi connectivity index (χ2v) is 3.31. The average Bonchev–Trinajstić information content (AvgIpc) is 2.37.